The number of rotatable bonds is 10. The third kappa shape index (κ3) is 9.03. The highest BCUT2D eigenvalue weighted by Crippen LogP contribution is 2.35. The Morgan fingerprint density at radius 3 is 1.89 bits per heavy atom. The van der Waals surface area contributed by atoms with Crippen LogP contribution in [0.5, 0.6) is 0 Å². The first-order valence-electron chi connectivity index (χ1n) is 23.1. The molecule has 1 aliphatic rings. The zero-order chi connectivity index (χ0) is 46.5. The summed E-state index contributed by atoms with van der Waals surface area (Å²) in [4.78, 5) is 10.4. The molecular formula is C63H58N2O. The predicted molar refractivity (Wildman–Crippen MR) is 286 cm³/mol. The van der Waals surface area contributed by atoms with Crippen molar-refractivity contribution in [3.63, 3.8) is 0 Å². The molecule has 0 N–H and O–H groups in total. The number of fused-ring (bicyclic) bond motifs is 2. The van der Waals surface area contributed by atoms with Crippen LogP contribution < -0.4 is 0 Å². The molecule has 0 aliphatic heterocycles. The number of nitrogens with zero attached hydrogens (tertiary/aromatic N) is 2. The Bertz CT molecular complexity index is 3340. The molecule has 0 amide bonds. The monoisotopic (exact) mass is 858 g/mol. The van der Waals surface area contributed by atoms with E-state index in [9.17, 15) is 0 Å². The number of benzene rings is 7. The van der Waals surface area contributed by atoms with Gasteiger partial charge in [0, 0.05) is 27.6 Å². The molecule has 0 bridgehead atoms. The molecule has 0 saturated heterocycles. The molecule has 0 saturated carbocycles. The van der Waals surface area contributed by atoms with Crippen LogP contribution in [0.2, 0.25) is 0 Å². The van der Waals surface area contributed by atoms with Gasteiger partial charge in [-0.15, -0.1) is 0 Å². The average molecular weight is 859 g/mol. The number of para-hydroxylation sites is 1. The lowest BCUT2D eigenvalue weighted by Crippen LogP contribution is -2.05. The van der Waals surface area contributed by atoms with Gasteiger partial charge in [-0.2, -0.15) is 0 Å². The highest BCUT2D eigenvalue weighted by molar-refractivity contribution is 6.18. The van der Waals surface area contributed by atoms with Crippen LogP contribution in [0.3, 0.4) is 0 Å². The van der Waals surface area contributed by atoms with E-state index >= 15 is 0 Å². The SMILES string of the molecule is C=C(N=C1C=CC=C/C1=C(/C)c1ccc2cc(C(=NC(=C)c3ccc(C)c(-c4ccccc4C)c3)c3oc4ccccc4c3C)ccc2c1)c1ccc(-c2ccccc2CC)c(C)c1.CC. The summed E-state index contributed by atoms with van der Waals surface area (Å²) in [7, 11) is 0. The molecule has 66 heavy (non-hydrogen) atoms. The Kier molecular flexibility index (Phi) is 13.4. The van der Waals surface area contributed by atoms with E-state index in [1.807, 2.05) is 38.1 Å². The van der Waals surface area contributed by atoms with E-state index in [1.54, 1.807) is 0 Å². The van der Waals surface area contributed by atoms with Crippen LogP contribution in [0, 0.1) is 27.7 Å². The lowest BCUT2D eigenvalue weighted by Gasteiger charge is -2.15. The maximum atomic E-state index is 6.61. The van der Waals surface area contributed by atoms with E-state index in [4.69, 9.17) is 14.4 Å². The van der Waals surface area contributed by atoms with Crippen LogP contribution in [0.1, 0.15) is 83.5 Å². The molecule has 0 fully saturated rings. The van der Waals surface area contributed by atoms with Crippen molar-refractivity contribution >= 4 is 50.1 Å². The minimum Gasteiger partial charge on any atom is -0.454 e. The molecule has 0 radical (unpaired) electrons. The second-order valence-corrected chi connectivity index (χ2v) is 16.8. The first kappa shape index (κ1) is 45.0. The maximum absolute atomic E-state index is 6.61. The normalized spacial score (nSPS) is 13.8. The molecular weight excluding hydrogens is 801 g/mol. The standard InChI is InChI=1S/C61H52N2O.C2H6/c1-9-45-19-11-13-23-56(45)53-33-32-47(34-40(53)4)43(7)62-58-24-16-14-21-54(58)41(5)46-28-29-50-36-51(31-30-49(50)35-46)60(61-42(6)55-22-15-17-25-59(55)64-61)63-44(8)48-27-26-39(3)57(37-48)52-20-12-10-18-38(52)2;1-2/h10-37H,7-9H2,1-6H3;1-2H3/b54-41+,62-58?,63-60?;. The van der Waals surface area contributed by atoms with E-state index in [-0.39, 0.29) is 0 Å². The fraction of sp³-hybridized carbons (Fsp3) is 0.143. The van der Waals surface area contributed by atoms with Gasteiger partial charge in [-0.05, 0) is 149 Å². The molecule has 0 unspecified atom stereocenters. The Hall–Kier alpha value is -7.62. The number of furan rings is 1. The van der Waals surface area contributed by atoms with E-state index in [0.29, 0.717) is 5.70 Å². The molecule has 3 heteroatoms. The van der Waals surface area contributed by atoms with Crippen molar-refractivity contribution in [3.05, 3.63) is 244 Å². The van der Waals surface area contributed by atoms with Gasteiger partial charge in [0.05, 0.1) is 17.1 Å². The van der Waals surface area contributed by atoms with Gasteiger partial charge in [-0.1, -0.05) is 167 Å². The van der Waals surface area contributed by atoms with Crippen LogP contribution in [0.25, 0.3) is 61.0 Å². The van der Waals surface area contributed by atoms with Gasteiger partial charge in [0.15, 0.2) is 5.76 Å². The summed E-state index contributed by atoms with van der Waals surface area (Å²) < 4.78 is 6.61. The minimum absolute atomic E-state index is 0.669. The van der Waals surface area contributed by atoms with Crippen LogP contribution in [0.15, 0.2) is 203 Å². The molecule has 8 aromatic rings. The lowest BCUT2D eigenvalue weighted by molar-refractivity contribution is 0.602. The zero-order valence-electron chi connectivity index (χ0n) is 39.6. The van der Waals surface area contributed by atoms with E-state index in [2.05, 4.69) is 200 Å². The van der Waals surface area contributed by atoms with Crippen LogP contribution in [-0.2, 0) is 6.42 Å². The summed E-state index contributed by atoms with van der Waals surface area (Å²) in [6, 6.07) is 51.6. The maximum Gasteiger partial charge on any atom is 0.157 e. The van der Waals surface area contributed by atoms with Crippen molar-refractivity contribution in [2.75, 3.05) is 0 Å². The molecule has 326 valence electrons. The first-order chi connectivity index (χ1) is 32.1. The minimum atomic E-state index is 0.669. The smallest absolute Gasteiger partial charge is 0.157 e. The number of allylic oxidation sites excluding steroid dienone is 6. The number of aliphatic imine (C=N–C) groups is 2. The van der Waals surface area contributed by atoms with Gasteiger partial charge in [-0.3, -0.25) is 0 Å². The predicted octanol–water partition coefficient (Wildman–Crippen LogP) is 17.3. The van der Waals surface area contributed by atoms with Crippen LogP contribution in [-0.4, -0.2) is 11.4 Å². The number of aryl methyl sites for hydroxylation is 5. The van der Waals surface area contributed by atoms with E-state index in [1.165, 1.54) is 44.5 Å². The molecule has 1 heterocycles. The molecule has 0 spiro atoms. The molecule has 1 aromatic heterocycles. The average Bonchev–Trinajstić information content (AvgIpc) is 3.69. The Morgan fingerprint density at radius 1 is 0.545 bits per heavy atom. The van der Waals surface area contributed by atoms with Crippen molar-refractivity contribution in [3.8, 4) is 22.3 Å². The summed E-state index contributed by atoms with van der Waals surface area (Å²) in [6.45, 7) is 25.9. The lowest BCUT2D eigenvalue weighted by atomic mass is 9.92. The van der Waals surface area contributed by atoms with Crippen LogP contribution in [0.4, 0.5) is 0 Å². The largest absolute Gasteiger partial charge is 0.454 e. The molecule has 9 rings (SSSR count). The van der Waals surface area contributed by atoms with Crippen molar-refractivity contribution in [2.24, 2.45) is 9.98 Å². The van der Waals surface area contributed by atoms with Crippen LogP contribution >= 0.6 is 0 Å². The van der Waals surface area contributed by atoms with Crippen molar-refractivity contribution in [1.29, 1.82) is 0 Å². The van der Waals surface area contributed by atoms with E-state index in [0.717, 1.165) is 90.0 Å². The quantitative estimate of drug-likeness (QED) is 0.126. The fourth-order valence-electron chi connectivity index (χ4n) is 8.93. The van der Waals surface area contributed by atoms with Gasteiger partial charge in [0.1, 0.15) is 11.3 Å². The zero-order valence-corrected chi connectivity index (χ0v) is 39.6. The summed E-state index contributed by atoms with van der Waals surface area (Å²) in [5.41, 5.74) is 21.1. The summed E-state index contributed by atoms with van der Waals surface area (Å²) in [5, 5.41) is 3.30. The van der Waals surface area contributed by atoms with Gasteiger partial charge >= 0.3 is 0 Å². The van der Waals surface area contributed by atoms with Gasteiger partial charge in [-0.25, -0.2) is 9.98 Å². The second kappa shape index (κ2) is 19.6. The highest BCUT2D eigenvalue weighted by atomic mass is 16.3. The molecule has 3 nitrogen and oxygen atoms in total. The molecule has 1 aliphatic carbocycles. The fourth-order valence-corrected chi connectivity index (χ4v) is 8.93. The van der Waals surface area contributed by atoms with E-state index < -0.39 is 0 Å². The second-order valence-electron chi connectivity index (χ2n) is 16.8. The third-order valence-electron chi connectivity index (χ3n) is 12.7. The summed E-state index contributed by atoms with van der Waals surface area (Å²) >= 11 is 0. The Balaban J connectivity index is 0.00000292. The van der Waals surface area contributed by atoms with Gasteiger partial charge in [0.2, 0.25) is 0 Å². The van der Waals surface area contributed by atoms with Gasteiger partial charge < -0.3 is 4.42 Å². The first-order valence-corrected chi connectivity index (χ1v) is 23.1. The Morgan fingerprint density at radius 2 is 1.15 bits per heavy atom. The summed E-state index contributed by atoms with van der Waals surface area (Å²) in [5.74, 6) is 0.739. The Labute approximate surface area is 391 Å². The third-order valence-corrected chi connectivity index (χ3v) is 12.7. The van der Waals surface area contributed by atoms with Crippen molar-refractivity contribution < 1.29 is 4.42 Å². The van der Waals surface area contributed by atoms with Gasteiger partial charge in [0.25, 0.3) is 0 Å². The highest BCUT2D eigenvalue weighted by Gasteiger charge is 2.20. The topological polar surface area (TPSA) is 37.9 Å². The number of hydrogen-bond acceptors (Lipinski definition) is 3. The van der Waals surface area contributed by atoms with Crippen molar-refractivity contribution in [2.45, 2.75) is 61.8 Å². The molecule has 7 aromatic carbocycles. The summed E-state index contributed by atoms with van der Waals surface area (Å²) in [6.07, 6.45) is 9.33. The molecule has 0 atom stereocenters. The van der Waals surface area contributed by atoms with Crippen molar-refractivity contribution in [1.82, 2.24) is 0 Å². The number of hydrogen-bond donors (Lipinski definition) is 0.